The highest BCUT2D eigenvalue weighted by Crippen LogP contribution is 2.24. The first-order valence-corrected chi connectivity index (χ1v) is 6.77. The molecule has 1 aliphatic rings. The third kappa shape index (κ3) is 3.89. The van der Waals surface area contributed by atoms with Crippen LogP contribution in [0.15, 0.2) is 18.3 Å². The minimum absolute atomic E-state index is 0.587. The van der Waals surface area contributed by atoms with Gasteiger partial charge in [0.25, 0.3) is 0 Å². The predicted octanol–water partition coefficient (Wildman–Crippen LogP) is 0.552. The lowest BCUT2D eigenvalue weighted by atomic mass is 9.92. The monoisotopic (exact) mass is 264 g/mol. The van der Waals surface area contributed by atoms with E-state index < -0.39 is 5.60 Å². The fraction of sp³-hybridized carbons (Fsp3) is 0.643. The summed E-state index contributed by atoms with van der Waals surface area (Å²) in [4.78, 5) is 8.42. The summed E-state index contributed by atoms with van der Waals surface area (Å²) in [7, 11) is 3.99. The van der Waals surface area contributed by atoms with Crippen molar-refractivity contribution in [1.29, 1.82) is 0 Å². The molecule has 2 heterocycles. The Morgan fingerprint density at radius 2 is 2.32 bits per heavy atom. The number of nitrogens with zero attached hydrogens (tertiary/aromatic N) is 3. The Morgan fingerprint density at radius 1 is 1.53 bits per heavy atom. The molecule has 0 amide bonds. The van der Waals surface area contributed by atoms with E-state index in [2.05, 4.69) is 9.88 Å². The second kappa shape index (κ2) is 5.86. The Morgan fingerprint density at radius 3 is 3.00 bits per heavy atom. The maximum absolute atomic E-state index is 10.6. The molecular formula is C14H24N4O. The van der Waals surface area contributed by atoms with E-state index in [9.17, 15) is 5.11 Å². The van der Waals surface area contributed by atoms with Gasteiger partial charge in [-0.2, -0.15) is 0 Å². The Balaban J connectivity index is 2.00. The molecule has 3 N–H and O–H groups in total. The Hall–Kier alpha value is -1.17. The minimum atomic E-state index is -0.612. The molecule has 0 bridgehead atoms. The van der Waals surface area contributed by atoms with Crippen LogP contribution in [0.1, 0.15) is 18.4 Å². The number of aromatic nitrogens is 1. The van der Waals surface area contributed by atoms with Crippen LogP contribution in [0, 0.1) is 0 Å². The van der Waals surface area contributed by atoms with Crippen molar-refractivity contribution < 1.29 is 5.11 Å². The van der Waals surface area contributed by atoms with Gasteiger partial charge in [-0.15, -0.1) is 0 Å². The van der Waals surface area contributed by atoms with E-state index in [4.69, 9.17) is 5.73 Å². The number of likely N-dealkylation sites (tertiary alicyclic amines) is 1. The number of likely N-dealkylation sites (N-methyl/N-ethyl adjacent to an activating group) is 1. The average Bonchev–Trinajstić information content (AvgIpc) is 2.30. The highest BCUT2D eigenvalue weighted by Gasteiger charge is 2.33. The summed E-state index contributed by atoms with van der Waals surface area (Å²) in [6.07, 6.45) is 3.59. The average molecular weight is 264 g/mol. The van der Waals surface area contributed by atoms with Crippen molar-refractivity contribution in [3.8, 4) is 0 Å². The lowest BCUT2D eigenvalue weighted by Crippen LogP contribution is -2.52. The summed E-state index contributed by atoms with van der Waals surface area (Å²) in [5, 5.41) is 10.6. The highest BCUT2D eigenvalue weighted by molar-refractivity contribution is 5.38. The SMILES string of the molecule is CN(C)C[C@]1(O)CCCN(Cc2cccnc2N)C1. The molecule has 0 aromatic carbocycles. The van der Waals surface area contributed by atoms with Crippen molar-refractivity contribution in [3.63, 3.8) is 0 Å². The van der Waals surface area contributed by atoms with E-state index in [-0.39, 0.29) is 0 Å². The molecule has 2 rings (SSSR count). The van der Waals surface area contributed by atoms with Crippen molar-refractivity contribution in [3.05, 3.63) is 23.9 Å². The zero-order chi connectivity index (χ0) is 13.9. The van der Waals surface area contributed by atoms with Crippen molar-refractivity contribution in [2.24, 2.45) is 0 Å². The first-order chi connectivity index (χ1) is 8.98. The molecule has 0 saturated carbocycles. The molecule has 0 aliphatic carbocycles. The van der Waals surface area contributed by atoms with E-state index in [1.165, 1.54) is 0 Å². The van der Waals surface area contributed by atoms with Crippen LogP contribution in [0.25, 0.3) is 0 Å². The number of β-amino-alcohol motifs (C(OH)–C–C–N with tert-alkyl or cyclic N) is 1. The molecule has 0 unspecified atom stereocenters. The molecule has 106 valence electrons. The number of rotatable bonds is 4. The Labute approximate surface area is 115 Å². The first kappa shape index (κ1) is 14.2. The first-order valence-electron chi connectivity index (χ1n) is 6.77. The molecule has 1 aromatic rings. The van der Waals surface area contributed by atoms with Gasteiger partial charge in [-0.25, -0.2) is 4.98 Å². The molecule has 1 fully saturated rings. The van der Waals surface area contributed by atoms with Crippen LogP contribution in [0.3, 0.4) is 0 Å². The van der Waals surface area contributed by atoms with Crippen LogP contribution in [0.4, 0.5) is 5.82 Å². The number of nitrogen functional groups attached to an aromatic ring is 1. The second-order valence-corrected chi connectivity index (χ2v) is 5.82. The largest absolute Gasteiger partial charge is 0.387 e. The highest BCUT2D eigenvalue weighted by atomic mass is 16.3. The molecule has 1 atom stereocenters. The molecule has 0 spiro atoms. The zero-order valence-electron chi connectivity index (χ0n) is 11.8. The van der Waals surface area contributed by atoms with E-state index in [0.29, 0.717) is 18.9 Å². The summed E-state index contributed by atoms with van der Waals surface area (Å²) in [6.45, 7) is 3.16. The van der Waals surface area contributed by atoms with Gasteiger partial charge >= 0.3 is 0 Å². The van der Waals surface area contributed by atoms with Crippen LogP contribution >= 0.6 is 0 Å². The lowest BCUT2D eigenvalue weighted by molar-refractivity contribution is -0.0479. The molecular weight excluding hydrogens is 240 g/mol. The maximum Gasteiger partial charge on any atom is 0.127 e. The molecule has 0 radical (unpaired) electrons. The minimum Gasteiger partial charge on any atom is -0.387 e. The van der Waals surface area contributed by atoms with Crippen LogP contribution in [0.5, 0.6) is 0 Å². The molecule has 5 nitrogen and oxygen atoms in total. The number of hydrogen-bond acceptors (Lipinski definition) is 5. The van der Waals surface area contributed by atoms with Gasteiger partial charge in [0.2, 0.25) is 0 Å². The summed E-state index contributed by atoms with van der Waals surface area (Å²) >= 11 is 0. The van der Waals surface area contributed by atoms with Gasteiger partial charge in [-0.05, 0) is 39.5 Å². The van der Waals surface area contributed by atoms with Crippen molar-refractivity contribution in [2.75, 3.05) is 39.5 Å². The fourth-order valence-electron chi connectivity index (χ4n) is 2.88. The predicted molar refractivity (Wildman–Crippen MR) is 76.7 cm³/mol. The van der Waals surface area contributed by atoms with Gasteiger partial charge in [-0.1, -0.05) is 6.07 Å². The van der Waals surface area contributed by atoms with Crippen molar-refractivity contribution in [2.45, 2.75) is 25.0 Å². The van der Waals surface area contributed by atoms with Crippen LogP contribution < -0.4 is 5.73 Å². The van der Waals surface area contributed by atoms with Crippen LogP contribution in [-0.2, 0) is 6.54 Å². The van der Waals surface area contributed by atoms with Gasteiger partial charge in [0.05, 0.1) is 5.60 Å². The third-order valence-corrected chi connectivity index (χ3v) is 3.56. The van der Waals surface area contributed by atoms with Crippen molar-refractivity contribution in [1.82, 2.24) is 14.8 Å². The quantitative estimate of drug-likeness (QED) is 0.831. The van der Waals surface area contributed by atoms with Crippen molar-refractivity contribution >= 4 is 5.82 Å². The molecule has 5 heteroatoms. The Bertz CT molecular complexity index is 424. The number of anilines is 1. The summed E-state index contributed by atoms with van der Waals surface area (Å²) in [5.41, 5.74) is 6.30. The van der Waals surface area contributed by atoms with Gasteiger partial charge < -0.3 is 15.7 Å². The number of nitrogens with two attached hydrogens (primary N) is 1. The number of pyridine rings is 1. The summed E-state index contributed by atoms with van der Waals surface area (Å²) in [5.74, 6) is 0.587. The number of piperidine rings is 1. The topological polar surface area (TPSA) is 65.6 Å². The van der Waals surface area contributed by atoms with Gasteiger partial charge in [0, 0.05) is 31.4 Å². The van der Waals surface area contributed by atoms with Gasteiger partial charge in [-0.3, -0.25) is 4.90 Å². The summed E-state index contributed by atoms with van der Waals surface area (Å²) < 4.78 is 0. The van der Waals surface area contributed by atoms with Crippen LogP contribution in [0.2, 0.25) is 0 Å². The molecule has 1 aromatic heterocycles. The van der Waals surface area contributed by atoms with Gasteiger partial charge in [0.15, 0.2) is 0 Å². The van der Waals surface area contributed by atoms with E-state index in [1.54, 1.807) is 6.20 Å². The molecule has 1 aliphatic heterocycles. The standard InChI is InChI=1S/C14H24N4O/c1-17(2)10-14(19)6-4-8-18(11-14)9-12-5-3-7-16-13(12)15/h3,5,7,19H,4,6,8-11H2,1-2H3,(H2,15,16)/t14-/m1/s1. The second-order valence-electron chi connectivity index (χ2n) is 5.82. The van der Waals surface area contributed by atoms with E-state index >= 15 is 0 Å². The lowest BCUT2D eigenvalue weighted by Gasteiger charge is -2.40. The van der Waals surface area contributed by atoms with E-state index in [1.807, 2.05) is 31.1 Å². The van der Waals surface area contributed by atoms with Crippen LogP contribution in [-0.4, -0.2) is 59.2 Å². The Kier molecular flexibility index (Phi) is 4.39. The fourth-order valence-corrected chi connectivity index (χ4v) is 2.88. The normalized spacial score (nSPS) is 24.8. The molecule has 1 saturated heterocycles. The third-order valence-electron chi connectivity index (χ3n) is 3.56. The zero-order valence-corrected chi connectivity index (χ0v) is 11.8. The smallest absolute Gasteiger partial charge is 0.127 e. The van der Waals surface area contributed by atoms with Gasteiger partial charge in [0.1, 0.15) is 5.82 Å². The number of hydrogen-bond donors (Lipinski definition) is 2. The maximum atomic E-state index is 10.6. The molecule has 19 heavy (non-hydrogen) atoms. The van der Waals surface area contributed by atoms with E-state index in [0.717, 1.165) is 31.5 Å². The summed E-state index contributed by atoms with van der Waals surface area (Å²) in [6, 6.07) is 3.91. The number of aliphatic hydroxyl groups is 1.